The first-order valence-electron chi connectivity index (χ1n) is 6.59. The predicted molar refractivity (Wildman–Crippen MR) is 87.8 cm³/mol. The van der Waals surface area contributed by atoms with Crippen LogP contribution in [0, 0.1) is 0 Å². The number of thiophene rings is 1. The molecule has 1 atom stereocenters. The zero-order chi connectivity index (χ0) is 14.7. The van der Waals surface area contributed by atoms with E-state index in [0.717, 1.165) is 15.4 Å². The minimum atomic E-state index is -0.134. The molecule has 1 aromatic carbocycles. The Bertz CT molecular complexity index is 720. The second-order valence-corrected chi connectivity index (χ2v) is 6.43. The Hall–Kier alpha value is -1.98. The number of aromatic nitrogens is 1. The Labute approximate surface area is 131 Å². The fraction of sp³-hybridized carbons (Fsp3) is 0.125. The van der Waals surface area contributed by atoms with Crippen LogP contribution in [0.3, 0.4) is 0 Å². The van der Waals surface area contributed by atoms with E-state index in [1.54, 1.807) is 11.3 Å². The van der Waals surface area contributed by atoms with E-state index in [1.165, 1.54) is 11.3 Å². The van der Waals surface area contributed by atoms with Gasteiger partial charge in [-0.2, -0.15) is 0 Å². The van der Waals surface area contributed by atoms with Crippen molar-refractivity contribution in [3.63, 3.8) is 0 Å². The lowest BCUT2D eigenvalue weighted by Gasteiger charge is -2.13. The number of nitrogens with zero attached hydrogens (tertiary/aromatic N) is 1. The molecule has 1 amide bonds. The molecular formula is C16H14N2OS2. The van der Waals surface area contributed by atoms with Gasteiger partial charge in [-0.1, -0.05) is 36.4 Å². The number of amides is 1. The van der Waals surface area contributed by atoms with Crippen molar-refractivity contribution in [2.24, 2.45) is 0 Å². The molecule has 0 fully saturated rings. The zero-order valence-electron chi connectivity index (χ0n) is 11.4. The highest BCUT2D eigenvalue weighted by atomic mass is 32.1. The molecule has 21 heavy (non-hydrogen) atoms. The van der Waals surface area contributed by atoms with Crippen molar-refractivity contribution < 1.29 is 4.79 Å². The molecule has 2 heterocycles. The highest BCUT2D eigenvalue weighted by molar-refractivity contribution is 7.20. The van der Waals surface area contributed by atoms with Crippen LogP contribution in [0.5, 0.6) is 0 Å². The fourth-order valence-electron chi connectivity index (χ4n) is 1.99. The number of carbonyl (C=O) groups is 1. The van der Waals surface area contributed by atoms with Crippen molar-refractivity contribution in [3.05, 3.63) is 64.5 Å². The Morgan fingerprint density at radius 1 is 1.14 bits per heavy atom. The predicted octanol–water partition coefficient (Wildman–Crippen LogP) is 4.36. The van der Waals surface area contributed by atoms with Crippen LogP contribution in [-0.4, -0.2) is 10.9 Å². The molecule has 3 nitrogen and oxygen atoms in total. The molecule has 106 valence electrons. The summed E-state index contributed by atoms with van der Waals surface area (Å²) in [7, 11) is 0. The van der Waals surface area contributed by atoms with Crippen LogP contribution in [0.1, 0.15) is 29.0 Å². The molecule has 5 heteroatoms. The van der Waals surface area contributed by atoms with Gasteiger partial charge in [-0.15, -0.1) is 22.7 Å². The van der Waals surface area contributed by atoms with Crippen LogP contribution in [0.2, 0.25) is 0 Å². The van der Waals surface area contributed by atoms with Crippen LogP contribution < -0.4 is 5.32 Å². The first-order valence-corrected chi connectivity index (χ1v) is 8.35. The molecule has 0 bridgehead atoms. The van der Waals surface area contributed by atoms with E-state index in [4.69, 9.17) is 0 Å². The molecule has 1 N–H and O–H groups in total. The summed E-state index contributed by atoms with van der Waals surface area (Å²) in [6.45, 7) is 1.97. The van der Waals surface area contributed by atoms with Gasteiger partial charge in [0.15, 0.2) is 0 Å². The Morgan fingerprint density at radius 2 is 1.95 bits per heavy atom. The van der Waals surface area contributed by atoms with Gasteiger partial charge < -0.3 is 5.32 Å². The molecule has 2 aromatic heterocycles. The second kappa shape index (κ2) is 6.20. The smallest absolute Gasteiger partial charge is 0.271 e. The van der Waals surface area contributed by atoms with E-state index < -0.39 is 0 Å². The number of carbonyl (C=O) groups excluding carboxylic acids is 1. The zero-order valence-corrected chi connectivity index (χ0v) is 13.1. The van der Waals surface area contributed by atoms with E-state index in [9.17, 15) is 4.79 Å². The maximum Gasteiger partial charge on any atom is 0.271 e. The summed E-state index contributed by atoms with van der Waals surface area (Å²) >= 11 is 3.13. The van der Waals surface area contributed by atoms with Crippen molar-refractivity contribution in [2.75, 3.05) is 0 Å². The van der Waals surface area contributed by atoms with Crippen LogP contribution in [-0.2, 0) is 0 Å². The Morgan fingerprint density at radius 3 is 2.67 bits per heavy atom. The van der Waals surface area contributed by atoms with Crippen molar-refractivity contribution in [2.45, 2.75) is 13.0 Å². The third-order valence-electron chi connectivity index (χ3n) is 3.12. The van der Waals surface area contributed by atoms with Gasteiger partial charge in [-0.3, -0.25) is 4.79 Å². The molecule has 3 aromatic rings. The van der Waals surface area contributed by atoms with E-state index in [-0.39, 0.29) is 11.9 Å². The average molecular weight is 314 g/mol. The lowest BCUT2D eigenvalue weighted by molar-refractivity contribution is 0.0935. The molecule has 0 unspecified atom stereocenters. The van der Waals surface area contributed by atoms with Gasteiger partial charge in [0.05, 0.1) is 10.9 Å². The number of rotatable bonds is 4. The molecular weight excluding hydrogens is 300 g/mol. The Kier molecular flexibility index (Phi) is 4.13. The molecule has 0 aliphatic heterocycles. The maximum atomic E-state index is 12.2. The van der Waals surface area contributed by atoms with Crippen molar-refractivity contribution in [1.29, 1.82) is 0 Å². The molecule has 0 saturated heterocycles. The average Bonchev–Trinajstić information content (AvgIpc) is 3.19. The number of hydrogen-bond donors (Lipinski definition) is 1. The topological polar surface area (TPSA) is 42.0 Å². The van der Waals surface area contributed by atoms with Crippen molar-refractivity contribution >= 4 is 28.6 Å². The summed E-state index contributed by atoms with van der Waals surface area (Å²) in [5.74, 6) is -0.134. The third-order valence-corrected chi connectivity index (χ3v) is 5.00. The first kappa shape index (κ1) is 14.0. The molecule has 3 rings (SSSR count). The van der Waals surface area contributed by atoms with Gasteiger partial charge in [0.1, 0.15) is 10.7 Å². The Balaban J connectivity index is 1.71. The third kappa shape index (κ3) is 3.20. The van der Waals surface area contributed by atoms with E-state index in [2.05, 4.69) is 10.3 Å². The van der Waals surface area contributed by atoms with Gasteiger partial charge in [-0.05, 0) is 23.9 Å². The number of benzene rings is 1. The van der Waals surface area contributed by atoms with Crippen LogP contribution in [0.15, 0.2) is 53.2 Å². The van der Waals surface area contributed by atoms with Crippen molar-refractivity contribution in [3.8, 4) is 9.88 Å². The lowest BCUT2D eigenvalue weighted by Crippen LogP contribution is -2.26. The van der Waals surface area contributed by atoms with Crippen LogP contribution in [0.25, 0.3) is 9.88 Å². The fourth-order valence-corrected chi connectivity index (χ4v) is 3.60. The summed E-state index contributed by atoms with van der Waals surface area (Å²) in [6.07, 6.45) is 0. The number of thiazole rings is 1. The van der Waals surface area contributed by atoms with E-state index in [1.807, 2.05) is 60.1 Å². The minimum Gasteiger partial charge on any atom is -0.344 e. The van der Waals surface area contributed by atoms with Gasteiger partial charge in [0.25, 0.3) is 5.91 Å². The molecule has 0 aliphatic rings. The van der Waals surface area contributed by atoms with Gasteiger partial charge in [0, 0.05) is 5.38 Å². The first-order chi connectivity index (χ1) is 10.2. The summed E-state index contributed by atoms with van der Waals surface area (Å²) in [5, 5.41) is 7.69. The molecule has 0 spiro atoms. The van der Waals surface area contributed by atoms with Gasteiger partial charge in [0.2, 0.25) is 0 Å². The number of hydrogen-bond acceptors (Lipinski definition) is 4. The summed E-state index contributed by atoms with van der Waals surface area (Å²) in [4.78, 5) is 17.8. The maximum absolute atomic E-state index is 12.2. The molecule has 0 aliphatic carbocycles. The SMILES string of the molecule is C[C@@H](NC(=O)c1csc(-c2cccs2)n1)c1ccccc1. The lowest BCUT2D eigenvalue weighted by atomic mass is 10.1. The molecule has 0 saturated carbocycles. The van der Waals surface area contributed by atoms with E-state index in [0.29, 0.717) is 5.69 Å². The quantitative estimate of drug-likeness (QED) is 0.777. The van der Waals surface area contributed by atoms with Crippen LogP contribution in [0.4, 0.5) is 0 Å². The highest BCUT2D eigenvalue weighted by Crippen LogP contribution is 2.27. The summed E-state index contributed by atoms with van der Waals surface area (Å²) in [6, 6.07) is 13.9. The second-order valence-electron chi connectivity index (χ2n) is 4.62. The van der Waals surface area contributed by atoms with E-state index >= 15 is 0 Å². The monoisotopic (exact) mass is 314 g/mol. The van der Waals surface area contributed by atoms with Gasteiger partial charge in [-0.25, -0.2) is 4.98 Å². The normalized spacial score (nSPS) is 12.0. The minimum absolute atomic E-state index is 0.0365. The largest absolute Gasteiger partial charge is 0.344 e. The van der Waals surface area contributed by atoms with Crippen molar-refractivity contribution in [1.82, 2.24) is 10.3 Å². The summed E-state index contributed by atoms with van der Waals surface area (Å²) in [5.41, 5.74) is 1.56. The molecule has 0 radical (unpaired) electrons. The highest BCUT2D eigenvalue weighted by Gasteiger charge is 2.15. The van der Waals surface area contributed by atoms with Crippen LogP contribution >= 0.6 is 22.7 Å². The summed E-state index contributed by atoms with van der Waals surface area (Å²) < 4.78 is 0. The van der Waals surface area contributed by atoms with Gasteiger partial charge >= 0.3 is 0 Å². The standard InChI is InChI=1S/C16H14N2OS2/c1-11(12-6-3-2-4-7-12)17-15(19)13-10-21-16(18-13)14-8-5-9-20-14/h2-11H,1H3,(H,17,19)/t11-/m1/s1. The number of nitrogens with one attached hydrogen (secondary N) is 1.